The minimum Gasteiger partial charge on any atom is -0.458 e. The first-order chi connectivity index (χ1) is 12.3. The number of aromatic nitrogens is 1. The number of halogens is 1. The highest BCUT2D eigenvalue weighted by atomic mass is 32.2. The van der Waals surface area contributed by atoms with Gasteiger partial charge >= 0.3 is 12.1 Å². The molecular formula is C18H27FN2O5S. The molecule has 1 amide bonds. The van der Waals surface area contributed by atoms with Gasteiger partial charge in [-0.05, 0) is 53.7 Å². The van der Waals surface area contributed by atoms with Crippen LogP contribution in [0.15, 0.2) is 29.4 Å². The van der Waals surface area contributed by atoms with Gasteiger partial charge in [-0.15, -0.1) is 0 Å². The molecule has 0 aliphatic heterocycles. The molecule has 0 spiro atoms. The molecule has 0 radical (unpaired) electrons. The number of alkyl carbamates (subject to hydrolysis) is 1. The number of nitrogens with zero attached hydrogens (tertiary/aromatic N) is 1. The van der Waals surface area contributed by atoms with Crippen LogP contribution in [0.25, 0.3) is 0 Å². The van der Waals surface area contributed by atoms with Gasteiger partial charge in [0.15, 0.2) is 5.50 Å². The van der Waals surface area contributed by atoms with E-state index in [4.69, 9.17) is 9.47 Å². The molecule has 152 valence electrons. The molecule has 0 fully saturated rings. The number of rotatable bonds is 6. The van der Waals surface area contributed by atoms with Crippen LogP contribution in [0.5, 0.6) is 0 Å². The highest BCUT2D eigenvalue weighted by Crippen LogP contribution is 2.18. The molecule has 0 aliphatic carbocycles. The number of carbonyl (C=O) groups excluding carboxylic acids is 2. The van der Waals surface area contributed by atoms with E-state index in [1.807, 2.05) is 0 Å². The van der Waals surface area contributed by atoms with Gasteiger partial charge in [0.25, 0.3) is 0 Å². The van der Waals surface area contributed by atoms with Crippen molar-refractivity contribution in [2.75, 3.05) is 0 Å². The van der Waals surface area contributed by atoms with Crippen molar-refractivity contribution in [3.63, 3.8) is 0 Å². The molecule has 1 aromatic heterocycles. The molecule has 27 heavy (non-hydrogen) atoms. The third-order valence-corrected chi connectivity index (χ3v) is 4.19. The summed E-state index contributed by atoms with van der Waals surface area (Å²) < 4.78 is 37.2. The van der Waals surface area contributed by atoms with Gasteiger partial charge in [-0.2, -0.15) is 0 Å². The molecule has 3 atom stereocenters. The molecule has 0 bridgehead atoms. The summed E-state index contributed by atoms with van der Waals surface area (Å²) in [5.74, 6) is -0.839. The lowest BCUT2D eigenvalue weighted by atomic mass is 10.1. The van der Waals surface area contributed by atoms with Gasteiger partial charge in [-0.1, -0.05) is 6.07 Å². The zero-order valence-corrected chi connectivity index (χ0v) is 17.3. The van der Waals surface area contributed by atoms with Crippen molar-refractivity contribution in [1.82, 2.24) is 10.3 Å². The summed E-state index contributed by atoms with van der Waals surface area (Å²) in [5, 5.41) is 2.35. The molecular weight excluding hydrogens is 375 g/mol. The number of esters is 1. The van der Waals surface area contributed by atoms with Crippen molar-refractivity contribution in [3.05, 3.63) is 24.4 Å². The Morgan fingerprint density at radius 1 is 1.15 bits per heavy atom. The Hall–Kier alpha value is -2.03. The van der Waals surface area contributed by atoms with E-state index in [9.17, 15) is 18.2 Å². The van der Waals surface area contributed by atoms with Gasteiger partial charge < -0.3 is 14.8 Å². The Morgan fingerprint density at radius 3 is 2.22 bits per heavy atom. The minimum absolute atomic E-state index is 0.0465. The zero-order chi connectivity index (χ0) is 20.8. The molecule has 1 aromatic rings. The monoisotopic (exact) mass is 402 g/mol. The zero-order valence-electron chi connectivity index (χ0n) is 16.4. The van der Waals surface area contributed by atoms with Crippen molar-refractivity contribution in [3.8, 4) is 0 Å². The van der Waals surface area contributed by atoms with Crippen molar-refractivity contribution in [2.45, 2.75) is 75.7 Å². The molecule has 0 aliphatic rings. The number of nitrogens with one attached hydrogen (secondary N) is 1. The number of hydrogen-bond acceptors (Lipinski definition) is 6. The molecule has 1 rings (SSSR count). The van der Waals surface area contributed by atoms with E-state index in [2.05, 4.69) is 10.3 Å². The second-order valence-electron chi connectivity index (χ2n) is 7.84. The van der Waals surface area contributed by atoms with Crippen LogP contribution in [0.4, 0.5) is 9.18 Å². The van der Waals surface area contributed by atoms with Gasteiger partial charge in [0.1, 0.15) is 33.1 Å². The normalized spacial score (nSPS) is 15.4. The lowest BCUT2D eigenvalue weighted by Gasteiger charge is -2.26. The smallest absolute Gasteiger partial charge is 0.408 e. The summed E-state index contributed by atoms with van der Waals surface area (Å²) >= 11 is 0. The van der Waals surface area contributed by atoms with Gasteiger partial charge in [-0.25, -0.2) is 23.2 Å². The van der Waals surface area contributed by atoms with Crippen LogP contribution in [0, 0.1) is 0 Å². The van der Waals surface area contributed by atoms with Crippen LogP contribution < -0.4 is 5.32 Å². The number of pyridine rings is 1. The quantitative estimate of drug-likeness (QED) is 0.735. The van der Waals surface area contributed by atoms with Crippen LogP contribution >= 0.6 is 0 Å². The predicted octanol–water partition coefficient (Wildman–Crippen LogP) is 3.11. The maximum absolute atomic E-state index is 14.6. The molecule has 7 nitrogen and oxygen atoms in total. The van der Waals surface area contributed by atoms with E-state index in [1.54, 1.807) is 53.7 Å². The van der Waals surface area contributed by atoms with Crippen LogP contribution in [0.3, 0.4) is 0 Å². The lowest BCUT2D eigenvalue weighted by molar-refractivity contribution is -0.157. The van der Waals surface area contributed by atoms with E-state index in [0.29, 0.717) is 0 Å². The van der Waals surface area contributed by atoms with Crippen LogP contribution in [-0.2, 0) is 25.1 Å². The second kappa shape index (κ2) is 9.25. The summed E-state index contributed by atoms with van der Waals surface area (Å²) in [6, 6.07) is 3.26. The van der Waals surface area contributed by atoms with Crippen molar-refractivity contribution < 1.29 is 27.7 Å². The largest absolute Gasteiger partial charge is 0.458 e. The molecule has 0 aromatic carbocycles. The first-order valence-electron chi connectivity index (χ1n) is 8.46. The maximum atomic E-state index is 14.6. The Kier molecular flexibility index (Phi) is 7.89. The summed E-state index contributed by atoms with van der Waals surface area (Å²) in [6.45, 7) is 9.91. The summed E-state index contributed by atoms with van der Waals surface area (Å²) in [5.41, 5.74) is -3.57. The summed E-state index contributed by atoms with van der Waals surface area (Å²) in [6.07, 6.45) is -0.0455. The number of ether oxygens (including phenoxy) is 2. The highest BCUT2D eigenvalue weighted by molar-refractivity contribution is 7.85. The average Bonchev–Trinajstić information content (AvgIpc) is 2.50. The topological polar surface area (TPSA) is 94.6 Å². The third kappa shape index (κ3) is 8.94. The standard InChI is InChI=1S/C18H27FN2O5S/c1-17(2,3)25-15(22)12(21-16(23)26-18(4,5)6)11-13(19)27(24)14-9-7-8-10-20-14/h7-10,12-13H,11H2,1-6H3,(H,21,23)/t12-,13?,27?/m0/s1. The second-order valence-corrected chi connectivity index (χ2v) is 9.37. The van der Waals surface area contributed by atoms with Crippen LogP contribution in [0.2, 0.25) is 0 Å². The molecule has 9 heteroatoms. The fraction of sp³-hybridized carbons (Fsp3) is 0.611. The summed E-state index contributed by atoms with van der Waals surface area (Å²) in [4.78, 5) is 28.2. The van der Waals surface area contributed by atoms with Gasteiger partial charge in [-0.3, -0.25) is 0 Å². The number of amides is 1. The highest BCUT2D eigenvalue weighted by Gasteiger charge is 2.33. The minimum atomic E-state index is -2.10. The first-order valence-corrected chi connectivity index (χ1v) is 9.68. The van der Waals surface area contributed by atoms with E-state index in [0.717, 1.165) is 0 Å². The molecule has 0 saturated carbocycles. The summed E-state index contributed by atoms with van der Waals surface area (Å²) in [7, 11) is -2.10. The van der Waals surface area contributed by atoms with Gasteiger partial charge in [0, 0.05) is 12.6 Å². The number of hydrogen-bond donors (Lipinski definition) is 1. The van der Waals surface area contributed by atoms with Crippen molar-refractivity contribution in [1.29, 1.82) is 0 Å². The molecule has 0 saturated heterocycles. The SMILES string of the molecule is CC(C)(C)OC(=O)N[C@@H](CC(F)S(=O)c1ccccn1)C(=O)OC(C)(C)C. The van der Waals surface area contributed by atoms with Gasteiger partial charge in [0.2, 0.25) is 0 Å². The Morgan fingerprint density at radius 2 is 1.74 bits per heavy atom. The molecule has 1 heterocycles. The van der Waals surface area contributed by atoms with Crippen LogP contribution in [-0.4, -0.2) is 44.0 Å². The maximum Gasteiger partial charge on any atom is 0.408 e. The van der Waals surface area contributed by atoms with Crippen molar-refractivity contribution in [2.24, 2.45) is 0 Å². The van der Waals surface area contributed by atoms with E-state index >= 15 is 0 Å². The third-order valence-electron chi connectivity index (χ3n) is 2.88. The molecule has 1 N–H and O–H groups in total. The van der Waals surface area contributed by atoms with Crippen LogP contribution in [0.1, 0.15) is 48.0 Å². The van der Waals surface area contributed by atoms with E-state index < -0.39 is 52.0 Å². The Labute approximate surface area is 161 Å². The van der Waals surface area contributed by atoms with Gasteiger partial charge in [0.05, 0.1) is 0 Å². The average molecular weight is 402 g/mol. The van der Waals surface area contributed by atoms with Crippen molar-refractivity contribution >= 4 is 22.9 Å². The fourth-order valence-corrected chi connectivity index (χ4v) is 2.91. The number of carbonyl (C=O) groups is 2. The Bertz CT molecular complexity index is 671. The number of alkyl halides is 1. The lowest BCUT2D eigenvalue weighted by Crippen LogP contribution is -2.47. The first kappa shape index (κ1) is 23.0. The van der Waals surface area contributed by atoms with E-state index in [1.165, 1.54) is 12.3 Å². The Balaban J connectivity index is 2.91. The molecule has 2 unspecified atom stereocenters. The predicted molar refractivity (Wildman–Crippen MR) is 99.2 cm³/mol. The fourth-order valence-electron chi connectivity index (χ4n) is 1.91. The van der Waals surface area contributed by atoms with E-state index in [-0.39, 0.29) is 5.03 Å².